The van der Waals surface area contributed by atoms with Crippen LogP contribution in [0.25, 0.3) is 0 Å². The third-order valence-electron chi connectivity index (χ3n) is 1.71. The topological polar surface area (TPSA) is 51.2 Å². The molecule has 1 rings (SSSR count). The highest BCUT2D eigenvalue weighted by Gasteiger charge is 1.99. The summed E-state index contributed by atoms with van der Waals surface area (Å²) in [6.45, 7) is 2.51. The van der Waals surface area contributed by atoms with Gasteiger partial charge in [0.15, 0.2) is 0 Å². The van der Waals surface area contributed by atoms with Crippen molar-refractivity contribution >= 4 is 5.91 Å². The average molecular weight is 194 g/mol. The first-order chi connectivity index (χ1) is 6.72. The third-order valence-corrected chi connectivity index (χ3v) is 1.71. The van der Waals surface area contributed by atoms with Crippen molar-refractivity contribution < 1.29 is 9.53 Å². The normalized spacial score (nSPS) is 9.86. The van der Waals surface area contributed by atoms with Crippen LogP contribution in [0.2, 0.25) is 0 Å². The van der Waals surface area contributed by atoms with E-state index in [2.05, 4.69) is 15.0 Å². The van der Waals surface area contributed by atoms with Crippen molar-refractivity contribution in [2.24, 2.45) is 0 Å². The van der Waals surface area contributed by atoms with E-state index in [9.17, 15) is 4.79 Å². The van der Waals surface area contributed by atoms with Gasteiger partial charge >= 0.3 is 0 Å². The number of carbonyl (C=O) groups is 1. The molecule has 14 heavy (non-hydrogen) atoms. The molecule has 76 valence electrons. The summed E-state index contributed by atoms with van der Waals surface area (Å²) in [4.78, 5) is 15.2. The van der Waals surface area contributed by atoms with Gasteiger partial charge in [-0.05, 0) is 18.6 Å². The molecular weight excluding hydrogens is 180 g/mol. The molecule has 0 saturated heterocycles. The van der Waals surface area contributed by atoms with Gasteiger partial charge in [-0.2, -0.15) is 0 Å². The van der Waals surface area contributed by atoms with Crippen LogP contribution in [-0.4, -0.2) is 24.6 Å². The highest BCUT2D eigenvalue weighted by Crippen LogP contribution is 1.97. The van der Waals surface area contributed by atoms with E-state index in [0.717, 1.165) is 11.3 Å². The van der Waals surface area contributed by atoms with Crippen LogP contribution < -0.4 is 5.32 Å². The number of nitrogens with one attached hydrogen (secondary N) is 1. The molecule has 0 aliphatic rings. The molecule has 1 heterocycles. The minimum Gasteiger partial charge on any atom is -0.375 e. The van der Waals surface area contributed by atoms with Crippen LogP contribution in [0.1, 0.15) is 11.3 Å². The first-order valence-electron chi connectivity index (χ1n) is 4.39. The number of pyridine rings is 1. The minimum absolute atomic E-state index is 0.0891. The molecule has 1 N–H and O–H groups in total. The Kier molecular flexibility index (Phi) is 4.07. The van der Waals surface area contributed by atoms with Crippen molar-refractivity contribution in [3.63, 3.8) is 0 Å². The van der Waals surface area contributed by atoms with Gasteiger partial charge in [-0.25, -0.2) is 0 Å². The first kappa shape index (κ1) is 10.7. The average Bonchev–Trinajstić information content (AvgIpc) is 2.17. The van der Waals surface area contributed by atoms with E-state index in [1.807, 2.05) is 19.1 Å². The van der Waals surface area contributed by atoms with E-state index in [0.29, 0.717) is 6.54 Å². The molecule has 0 aliphatic carbocycles. The van der Waals surface area contributed by atoms with Gasteiger partial charge in [0.25, 0.3) is 0 Å². The van der Waals surface area contributed by atoms with Gasteiger partial charge in [-0.15, -0.1) is 0 Å². The molecule has 1 amide bonds. The lowest BCUT2D eigenvalue weighted by molar-refractivity contribution is -0.124. The van der Waals surface area contributed by atoms with Gasteiger partial charge < -0.3 is 10.1 Å². The summed E-state index contributed by atoms with van der Waals surface area (Å²) in [5, 5.41) is 2.69. The number of carbonyl (C=O) groups excluding carboxylic acids is 1. The zero-order chi connectivity index (χ0) is 10.4. The van der Waals surface area contributed by atoms with Crippen LogP contribution in [0.5, 0.6) is 0 Å². The molecule has 0 spiro atoms. The van der Waals surface area contributed by atoms with E-state index in [4.69, 9.17) is 0 Å². The van der Waals surface area contributed by atoms with E-state index in [1.165, 1.54) is 7.11 Å². The summed E-state index contributed by atoms with van der Waals surface area (Å²) in [5.41, 5.74) is 1.96. The first-order valence-corrected chi connectivity index (χ1v) is 4.39. The van der Waals surface area contributed by atoms with Crippen LogP contribution in [0, 0.1) is 6.92 Å². The van der Waals surface area contributed by atoms with E-state index in [-0.39, 0.29) is 12.5 Å². The molecule has 0 unspecified atom stereocenters. The van der Waals surface area contributed by atoms with Crippen LogP contribution in [-0.2, 0) is 16.1 Å². The highest BCUT2D eigenvalue weighted by molar-refractivity contribution is 5.77. The Balaban J connectivity index is 2.38. The number of methoxy groups -OCH3 is 1. The lowest BCUT2D eigenvalue weighted by Gasteiger charge is -2.03. The highest BCUT2D eigenvalue weighted by atomic mass is 16.5. The van der Waals surface area contributed by atoms with Gasteiger partial charge in [0, 0.05) is 13.3 Å². The van der Waals surface area contributed by atoms with Gasteiger partial charge in [0.2, 0.25) is 5.91 Å². The van der Waals surface area contributed by atoms with E-state index >= 15 is 0 Å². The van der Waals surface area contributed by atoms with Crippen molar-refractivity contribution in [1.82, 2.24) is 10.3 Å². The standard InChI is InChI=1S/C10H14N2O2/c1-8-3-4-9(11-5-8)6-12-10(13)7-14-2/h3-5H,6-7H2,1-2H3,(H,12,13). The van der Waals surface area contributed by atoms with Crippen molar-refractivity contribution in [1.29, 1.82) is 0 Å². The van der Waals surface area contributed by atoms with Crippen molar-refractivity contribution in [2.75, 3.05) is 13.7 Å². The summed E-state index contributed by atoms with van der Waals surface area (Å²) >= 11 is 0. The van der Waals surface area contributed by atoms with Gasteiger partial charge in [-0.1, -0.05) is 6.07 Å². The number of hydrogen-bond acceptors (Lipinski definition) is 3. The van der Waals surface area contributed by atoms with Crippen molar-refractivity contribution in [3.05, 3.63) is 29.6 Å². The van der Waals surface area contributed by atoms with Crippen molar-refractivity contribution in [2.45, 2.75) is 13.5 Å². The molecule has 4 heteroatoms. The Bertz CT molecular complexity index is 295. The monoisotopic (exact) mass is 194 g/mol. The molecule has 0 aromatic carbocycles. The zero-order valence-corrected chi connectivity index (χ0v) is 8.41. The van der Waals surface area contributed by atoms with E-state index < -0.39 is 0 Å². The maximum absolute atomic E-state index is 11.0. The summed E-state index contributed by atoms with van der Waals surface area (Å²) in [6, 6.07) is 3.85. The third kappa shape index (κ3) is 3.53. The Morgan fingerprint density at radius 2 is 2.36 bits per heavy atom. The van der Waals surface area contributed by atoms with Crippen LogP contribution in [0.3, 0.4) is 0 Å². The van der Waals surface area contributed by atoms with Crippen LogP contribution in [0.15, 0.2) is 18.3 Å². The summed E-state index contributed by atoms with van der Waals surface area (Å²) in [7, 11) is 1.49. The van der Waals surface area contributed by atoms with Crippen LogP contribution in [0.4, 0.5) is 0 Å². The lowest BCUT2D eigenvalue weighted by Crippen LogP contribution is -2.26. The molecule has 1 aromatic rings. The number of ether oxygens (including phenoxy) is 1. The molecule has 0 bridgehead atoms. The number of aryl methyl sites for hydroxylation is 1. The SMILES string of the molecule is COCC(=O)NCc1ccc(C)cn1. The predicted octanol–water partition coefficient (Wildman–Crippen LogP) is 0.653. The van der Waals surface area contributed by atoms with Gasteiger partial charge in [0.1, 0.15) is 6.61 Å². The Hall–Kier alpha value is -1.42. The molecule has 0 atom stereocenters. The minimum atomic E-state index is -0.130. The Morgan fingerprint density at radius 3 is 2.93 bits per heavy atom. The lowest BCUT2D eigenvalue weighted by atomic mass is 10.3. The maximum atomic E-state index is 11.0. The van der Waals surface area contributed by atoms with Crippen molar-refractivity contribution in [3.8, 4) is 0 Å². The Morgan fingerprint density at radius 1 is 1.57 bits per heavy atom. The van der Waals surface area contributed by atoms with Gasteiger partial charge in [-0.3, -0.25) is 9.78 Å². The molecule has 0 radical (unpaired) electrons. The second kappa shape index (κ2) is 5.34. The molecule has 0 saturated carbocycles. The summed E-state index contributed by atoms with van der Waals surface area (Å²) < 4.78 is 4.68. The fraction of sp³-hybridized carbons (Fsp3) is 0.400. The molecule has 0 fully saturated rings. The number of aromatic nitrogens is 1. The quantitative estimate of drug-likeness (QED) is 0.765. The van der Waals surface area contributed by atoms with Gasteiger partial charge in [0.05, 0.1) is 12.2 Å². The predicted molar refractivity (Wildman–Crippen MR) is 52.7 cm³/mol. The fourth-order valence-corrected chi connectivity index (χ4v) is 0.974. The summed E-state index contributed by atoms with van der Waals surface area (Å²) in [6.07, 6.45) is 1.78. The molecular formula is C10H14N2O2. The second-order valence-electron chi connectivity index (χ2n) is 3.04. The smallest absolute Gasteiger partial charge is 0.246 e. The Labute approximate surface area is 83.3 Å². The fourth-order valence-electron chi connectivity index (χ4n) is 0.974. The number of rotatable bonds is 4. The largest absolute Gasteiger partial charge is 0.375 e. The maximum Gasteiger partial charge on any atom is 0.246 e. The zero-order valence-electron chi connectivity index (χ0n) is 8.41. The molecule has 4 nitrogen and oxygen atoms in total. The second-order valence-corrected chi connectivity index (χ2v) is 3.04. The molecule has 1 aromatic heterocycles. The van der Waals surface area contributed by atoms with Crippen LogP contribution >= 0.6 is 0 Å². The molecule has 0 aliphatic heterocycles. The number of amides is 1. The number of hydrogen-bond donors (Lipinski definition) is 1. The number of nitrogens with zero attached hydrogens (tertiary/aromatic N) is 1. The van der Waals surface area contributed by atoms with E-state index in [1.54, 1.807) is 6.20 Å². The summed E-state index contributed by atoms with van der Waals surface area (Å²) in [5.74, 6) is -0.130.